The molecule has 2 rings (SSSR count). The van der Waals surface area contributed by atoms with E-state index in [1.807, 2.05) is 0 Å². The molecular formula is C20H21F6NO6S. The molecule has 0 aliphatic heterocycles. The third-order valence-corrected chi connectivity index (χ3v) is 5.65. The molecule has 0 spiro atoms. The molecule has 34 heavy (non-hydrogen) atoms. The minimum absolute atomic E-state index is 0.0998. The summed E-state index contributed by atoms with van der Waals surface area (Å²) in [5.74, 6) is -0.462. The molecular weight excluding hydrogens is 496 g/mol. The van der Waals surface area contributed by atoms with E-state index >= 15 is 0 Å². The van der Waals surface area contributed by atoms with Crippen LogP contribution in [0.25, 0.3) is 0 Å². The number of benzene rings is 2. The third kappa shape index (κ3) is 8.17. The first-order chi connectivity index (χ1) is 15.8. The Morgan fingerprint density at radius 3 is 2.09 bits per heavy atom. The van der Waals surface area contributed by atoms with E-state index in [-0.39, 0.29) is 13.0 Å². The van der Waals surface area contributed by atoms with Gasteiger partial charge in [0.15, 0.2) is 24.7 Å². The van der Waals surface area contributed by atoms with Crippen molar-refractivity contribution in [1.82, 2.24) is 4.72 Å². The van der Waals surface area contributed by atoms with Crippen molar-refractivity contribution in [3.63, 3.8) is 0 Å². The highest BCUT2D eigenvalue weighted by Gasteiger charge is 2.31. The molecule has 0 aliphatic carbocycles. The highest BCUT2D eigenvalue weighted by Crippen LogP contribution is 2.32. The van der Waals surface area contributed by atoms with Gasteiger partial charge in [-0.15, -0.1) is 0 Å². The molecule has 0 atom stereocenters. The van der Waals surface area contributed by atoms with Crippen molar-refractivity contribution in [2.24, 2.45) is 0 Å². The number of nitrogens with one attached hydrogen (secondary N) is 1. The van der Waals surface area contributed by atoms with E-state index in [9.17, 15) is 34.8 Å². The Hall–Kier alpha value is -2.87. The van der Waals surface area contributed by atoms with Crippen LogP contribution in [0.2, 0.25) is 0 Å². The molecule has 0 amide bonds. The van der Waals surface area contributed by atoms with E-state index in [1.165, 1.54) is 14.2 Å². The van der Waals surface area contributed by atoms with Crippen molar-refractivity contribution in [3.8, 4) is 23.0 Å². The predicted octanol–water partition coefficient (Wildman–Crippen LogP) is 4.11. The van der Waals surface area contributed by atoms with Gasteiger partial charge in [-0.1, -0.05) is 12.1 Å². The fourth-order valence-electron chi connectivity index (χ4n) is 2.78. The molecule has 7 nitrogen and oxygen atoms in total. The van der Waals surface area contributed by atoms with Gasteiger partial charge in [-0.2, -0.15) is 26.3 Å². The summed E-state index contributed by atoms with van der Waals surface area (Å²) in [6.45, 7) is -3.75. The Kier molecular flexibility index (Phi) is 8.89. The number of hydrogen-bond acceptors (Lipinski definition) is 6. The van der Waals surface area contributed by atoms with Crippen LogP contribution in [0.5, 0.6) is 23.0 Å². The molecule has 2 aromatic carbocycles. The predicted molar refractivity (Wildman–Crippen MR) is 108 cm³/mol. The summed E-state index contributed by atoms with van der Waals surface area (Å²) in [5, 5.41) is 0. The van der Waals surface area contributed by atoms with Crippen LogP contribution in [0.3, 0.4) is 0 Å². The van der Waals surface area contributed by atoms with Gasteiger partial charge in [-0.3, -0.25) is 0 Å². The second kappa shape index (κ2) is 11.0. The molecule has 14 heteroatoms. The monoisotopic (exact) mass is 517 g/mol. The van der Waals surface area contributed by atoms with E-state index in [2.05, 4.69) is 14.2 Å². The van der Waals surface area contributed by atoms with E-state index in [4.69, 9.17) is 9.47 Å². The molecule has 0 aliphatic rings. The Labute approximate surface area is 191 Å². The molecule has 0 bridgehead atoms. The van der Waals surface area contributed by atoms with Gasteiger partial charge in [-0.25, -0.2) is 13.1 Å². The van der Waals surface area contributed by atoms with Gasteiger partial charge in [-0.05, 0) is 30.2 Å². The van der Waals surface area contributed by atoms with Gasteiger partial charge in [0.1, 0.15) is 16.4 Å². The average molecular weight is 517 g/mol. The van der Waals surface area contributed by atoms with Gasteiger partial charge in [0, 0.05) is 12.6 Å². The van der Waals surface area contributed by atoms with Crippen molar-refractivity contribution in [2.45, 2.75) is 23.7 Å². The van der Waals surface area contributed by atoms with E-state index in [0.717, 1.165) is 12.1 Å². The zero-order valence-corrected chi connectivity index (χ0v) is 18.7. The van der Waals surface area contributed by atoms with Crippen LogP contribution in [-0.2, 0) is 16.4 Å². The number of methoxy groups -OCH3 is 2. The highest BCUT2D eigenvalue weighted by atomic mass is 32.2. The lowest BCUT2D eigenvalue weighted by molar-refractivity contribution is -0.154. The zero-order chi connectivity index (χ0) is 25.6. The van der Waals surface area contributed by atoms with Crippen LogP contribution >= 0.6 is 0 Å². The number of hydrogen-bond donors (Lipinski definition) is 1. The number of ether oxygens (including phenoxy) is 4. The fraction of sp³-hybridized carbons (Fsp3) is 0.400. The maximum Gasteiger partial charge on any atom is 0.422 e. The largest absolute Gasteiger partial charge is 0.493 e. The summed E-state index contributed by atoms with van der Waals surface area (Å²) >= 11 is 0. The summed E-state index contributed by atoms with van der Waals surface area (Å²) in [4.78, 5) is -0.811. The second-order valence-corrected chi connectivity index (χ2v) is 8.45. The van der Waals surface area contributed by atoms with Crippen LogP contribution in [-0.4, -0.2) is 54.7 Å². The normalized spacial score (nSPS) is 12.4. The smallest absolute Gasteiger partial charge is 0.422 e. The number of rotatable bonds is 11. The molecule has 0 saturated heterocycles. The molecule has 0 radical (unpaired) electrons. The summed E-state index contributed by atoms with van der Waals surface area (Å²) < 4.78 is 122. The van der Waals surface area contributed by atoms with Crippen molar-refractivity contribution in [1.29, 1.82) is 0 Å². The van der Waals surface area contributed by atoms with Gasteiger partial charge in [0.25, 0.3) is 0 Å². The molecule has 0 saturated carbocycles. The molecule has 0 aromatic heterocycles. The Bertz CT molecular complexity index is 1070. The maximum atomic E-state index is 12.8. The van der Waals surface area contributed by atoms with Crippen molar-refractivity contribution < 1.29 is 53.7 Å². The number of halogens is 6. The number of sulfonamides is 1. The van der Waals surface area contributed by atoms with Gasteiger partial charge in [0.05, 0.1) is 14.2 Å². The molecule has 0 heterocycles. The van der Waals surface area contributed by atoms with Crippen LogP contribution in [0, 0.1) is 0 Å². The van der Waals surface area contributed by atoms with Crippen LogP contribution in [0.4, 0.5) is 26.3 Å². The Morgan fingerprint density at radius 2 is 1.50 bits per heavy atom. The lowest BCUT2D eigenvalue weighted by atomic mass is 10.1. The van der Waals surface area contributed by atoms with Crippen LogP contribution in [0.15, 0.2) is 41.3 Å². The standard InChI is InChI=1S/C20H21F6NO6S/c1-30-16-5-3-4-13(18(16)31-2)8-9-27-34(28,29)17-10-14(32-11-19(21,22)23)6-7-15(17)33-12-20(24,25)26/h3-7,10,27H,8-9,11-12H2,1-2H3. The van der Waals surface area contributed by atoms with Gasteiger partial charge < -0.3 is 18.9 Å². The fourth-order valence-corrected chi connectivity index (χ4v) is 3.97. The van der Waals surface area contributed by atoms with Crippen molar-refractivity contribution in [3.05, 3.63) is 42.0 Å². The third-order valence-electron chi connectivity index (χ3n) is 4.17. The van der Waals surface area contributed by atoms with Gasteiger partial charge >= 0.3 is 12.4 Å². The van der Waals surface area contributed by atoms with Crippen LogP contribution in [0.1, 0.15) is 5.56 Å². The summed E-state index contributed by atoms with van der Waals surface area (Å²) in [5.41, 5.74) is 0.570. The first-order valence-electron chi connectivity index (χ1n) is 9.48. The Balaban J connectivity index is 2.26. The minimum Gasteiger partial charge on any atom is -0.493 e. The van der Waals surface area contributed by atoms with E-state index in [1.54, 1.807) is 18.2 Å². The minimum atomic E-state index is -4.77. The second-order valence-electron chi connectivity index (χ2n) is 6.72. The molecule has 2 aromatic rings. The molecule has 0 unspecified atom stereocenters. The van der Waals surface area contributed by atoms with E-state index in [0.29, 0.717) is 23.1 Å². The van der Waals surface area contributed by atoms with Gasteiger partial charge in [0.2, 0.25) is 10.0 Å². The summed E-state index contributed by atoms with van der Waals surface area (Å²) in [6.07, 6.45) is -9.38. The van der Waals surface area contributed by atoms with Crippen molar-refractivity contribution >= 4 is 10.0 Å². The molecule has 0 fully saturated rings. The number of alkyl halides is 6. The average Bonchev–Trinajstić information content (AvgIpc) is 2.75. The number of para-hydroxylation sites is 1. The quantitative estimate of drug-likeness (QED) is 0.452. The highest BCUT2D eigenvalue weighted by molar-refractivity contribution is 7.89. The topological polar surface area (TPSA) is 83.1 Å². The van der Waals surface area contributed by atoms with E-state index < -0.39 is 52.0 Å². The first-order valence-corrected chi connectivity index (χ1v) is 11.0. The maximum absolute atomic E-state index is 12.8. The summed E-state index contributed by atoms with van der Waals surface area (Å²) in [7, 11) is -1.71. The molecule has 1 N–H and O–H groups in total. The first kappa shape index (κ1) is 27.4. The SMILES string of the molecule is COc1cccc(CCNS(=O)(=O)c2cc(OCC(F)(F)F)ccc2OCC(F)(F)F)c1OC. The zero-order valence-electron chi connectivity index (χ0n) is 17.9. The lowest BCUT2D eigenvalue weighted by Crippen LogP contribution is -2.27. The van der Waals surface area contributed by atoms with Crippen molar-refractivity contribution in [2.75, 3.05) is 34.0 Å². The van der Waals surface area contributed by atoms with Crippen LogP contribution < -0.4 is 23.7 Å². The summed E-state index contributed by atoms with van der Waals surface area (Å²) in [6, 6.07) is 7.25. The lowest BCUT2D eigenvalue weighted by Gasteiger charge is -2.16. The molecule has 190 valence electrons. The Morgan fingerprint density at radius 1 is 0.853 bits per heavy atom.